The number of carbonyl (C=O) groups is 1. The Balaban J connectivity index is 1.80. The standard InChI is InChI=1S/C20H17F3N4O2/c1-2-13-5-3-4-6-17(13)24-11-14-12-25-27(18(14)28)16-9-7-15(8-10-16)26-19(29)20(21,22)23/h3-12,25H,2H2,1H3,(H,26,29). The van der Waals surface area contributed by atoms with Crippen LogP contribution in [0.4, 0.5) is 24.5 Å². The van der Waals surface area contributed by atoms with E-state index in [2.05, 4.69) is 10.1 Å². The molecule has 6 nitrogen and oxygen atoms in total. The number of anilines is 1. The van der Waals surface area contributed by atoms with E-state index in [1.54, 1.807) is 5.32 Å². The number of halogens is 3. The van der Waals surface area contributed by atoms with E-state index in [4.69, 9.17) is 0 Å². The van der Waals surface area contributed by atoms with Crippen molar-refractivity contribution < 1.29 is 18.0 Å². The molecule has 0 bridgehead atoms. The molecule has 0 saturated carbocycles. The predicted octanol–water partition coefficient (Wildman–Crippen LogP) is 3.98. The van der Waals surface area contributed by atoms with Gasteiger partial charge in [0.15, 0.2) is 0 Å². The molecule has 0 aliphatic heterocycles. The molecule has 3 aromatic rings. The number of rotatable bonds is 5. The van der Waals surface area contributed by atoms with Crippen LogP contribution in [0.1, 0.15) is 18.1 Å². The number of aliphatic imine (C=N–C) groups is 1. The first-order valence-electron chi connectivity index (χ1n) is 8.70. The predicted molar refractivity (Wildman–Crippen MR) is 104 cm³/mol. The number of aromatic nitrogens is 2. The van der Waals surface area contributed by atoms with Crippen molar-refractivity contribution in [2.45, 2.75) is 19.5 Å². The van der Waals surface area contributed by atoms with Crippen molar-refractivity contribution in [2.75, 3.05) is 5.32 Å². The molecule has 0 aliphatic rings. The maximum absolute atomic E-state index is 12.6. The lowest BCUT2D eigenvalue weighted by Gasteiger charge is -2.08. The van der Waals surface area contributed by atoms with Gasteiger partial charge < -0.3 is 5.32 Å². The second-order valence-corrected chi connectivity index (χ2v) is 6.11. The average molecular weight is 402 g/mol. The normalized spacial score (nSPS) is 11.7. The van der Waals surface area contributed by atoms with Crippen LogP contribution in [0.3, 0.4) is 0 Å². The molecule has 0 saturated heterocycles. The first-order valence-corrected chi connectivity index (χ1v) is 8.70. The van der Waals surface area contributed by atoms with Crippen LogP contribution in [-0.4, -0.2) is 28.1 Å². The average Bonchev–Trinajstić information content (AvgIpc) is 3.07. The molecule has 1 aromatic heterocycles. The molecule has 0 spiro atoms. The van der Waals surface area contributed by atoms with E-state index >= 15 is 0 Å². The lowest BCUT2D eigenvalue weighted by molar-refractivity contribution is -0.167. The monoisotopic (exact) mass is 402 g/mol. The molecular weight excluding hydrogens is 385 g/mol. The van der Waals surface area contributed by atoms with Crippen LogP contribution in [0.25, 0.3) is 5.69 Å². The zero-order chi connectivity index (χ0) is 21.0. The van der Waals surface area contributed by atoms with Gasteiger partial charge in [-0.25, -0.2) is 4.68 Å². The van der Waals surface area contributed by atoms with Gasteiger partial charge in [0.2, 0.25) is 0 Å². The topological polar surface area (TPSA) is 79.2 Å². The maximum Gasteiger partial charge on any atom is 0.471 e. The number of hydrogen-bond donors (Lipinski definition) is 2. The van der Waals surface area contributed by atoms with Crippen molar-refractivity contribution in [3.05, 3.63) is 76.2 Å². The van der Waals surface area contributed by atoms with Crippen molar-refractivity contribution in [3.63, 3.8) is 0 Å². The minimum atomic E-state index is -4.97. The third-order valence-corrected chi connectivity index (χ3v) is 4.16. The molecule has 0 aliphatic carbocycles. The Labute approximate surface area is 163 Å². The molecule has 2 aromatic carbocycles. The third-order valence-electron chi connectivity index (χ3n) is 4.16. The number of aryl methyl sites for hydroxylation is 1. The van der Waals surface area contributed by atoms with Gasteiger partial charge in [0, 0.05) is 18.1 Å². The second kappa shape index (κ2) is 8.17. The van der Waals surface area contributed by atoms with Gasteiger partial charge in [0.1, 0.15) is 0 Å². The Morgan fingerprint density at radius 2 is 1.86 bits per heavy atom. The number of hydrogen-bond acceptors (Lipinski definition) is 3. The molecule has 3 rings (SSSR count). The highest BCUT2D eigenvalue weighted by Gasteiger charge is 2.38. The highest BCUT2D eigenvalue weighted by Crippen LogP contribution is 2.20. The fraction of sp³-hybridized carbons (Fsp3) is 0.150. The molecule has 0 atom stereocenters. The highest BCUT2D eigenvalue weighted by atomic mass is 19.4. The number of para-hydroxylation sites is 1. The van der Waals surface area contributed by atoms with Gasteiger partial charge in [-0.1, -0.05) is 25.1 Å². The minimum Gasteiger partial charge on any atom is -0.318 e. The van der Waals surface area contributed by atoms with Gasteiger partial charge in [-0.15, -0.1) is 0 Å². The summed E-state index contributed by atoms with van der Waals surface area (Å²) in [4.78, 5) is 27.9. The van der Waals surface area contributed by atoms with Crippen molar-refractivity contribution in [1.29, 1.82) is 0 Å². The molecule has 150 valence electrons. The van der Waals surface area contributed by atoms with Crippen molar-refractivity contribution in [3.8, 4) is 5.69 Å². The number of nitrogens with one attached hydrogen (secondary N) is 2. The van der Waals surface area contributed by atoms with Crippen LogP contribution >= 0.6 is 0 Å². The Morgan fingerprint density at radius 1 is 1.17 bits per heavy atom. The summed E-state index contributed by atoms with van der Waals surface area (Å²) >= 11 is 0. The second-order valence-electron chi connectivity index (χ2n) is 6.11. The Morgan fingerprint density at radius 3 is 2.52 bits per heavy atom. The number of amides is 1. The summed E-state index contributed by atoms with van der Waals surface area (Å²) in [6.07, 6.45) is -1.22. The minimum absolute atomic E-state index is 0.0337. The SMILES string of the molecule is CCc1ccccc1N=Cc1c[nH]n(-c2ccc(NC(=O)C(F)(F)F)cc2)c1=O. The highest BCUT2D eigenvalue weighted by molar-refractivity contribution is 5.94. The van der Waals surface area contributed by atoms with E-state index in [1.807, 2.05) is 31.2 Å². The number of carbonyl (C=O) groups excluding carboxylic acids is 1. The molecule has 1 heterocycles. The number of benzene rings is 2. The molecular formula is C20H17F3N4O2. The van der Waals surface area contributed by atoms with E-state index in [0.29, 0.717) is 11.3 Å². The fourth-order valence-electron chi connectivity index (χ4n) is 2.64. The molecule has 0 fully saturated rings. The summed E-state index contributed by atoms with van der Waals surface area (Å²) in [6.45, 7) is 2.01. The van der Waals surface area contributed by atoms with E-state index in [1.165, 1.54) is 41.4 Å². The first-order chi connectivity index (χ1) is 13.8. The number of alkyl halides is 3. The summed E-state index contributed by atoms with van der Waals surface area (Å²) in [6, 6.07) is 13.0. The van der Waals surface area contributed by atoms with Crippen LogP contribution in [0.2, 0.25) is 0 Å². The Kier molecular flexibility index (Phi) is 5.67. The molecule has 9 heteroatoms. The van der Waals surface area contributed by atoms with Crippen LogP contribution in [-0.2, 0) is 11.2 Å². The molecule has 0 radical (unpaired) electrons. The van der Waals surface area contributed by atoms with Gasteiger partial charge in [0.25, 0.3) is 5.56 Å². The Bertz CT molecular complexity index is 1100. The van der Waals surface area contributed by atoms with Gasteiger partial charge in [-0.05, 0) is 42.3 Å². The molecule has 0 unspecified atom stereocenters. The maximum atomic E-state index is 12.6. The summed E-state index contributed by atoms with van der Waals surface area (Å²) in [5.74, 6) is -2.06. The number of aromatic amines is 1. The lowest BCUT2D eigenvalue weighted by Crippen LogP contribution is -2.29. The van der Waals surface area contributed by atoms with Crippen molar-refractivity contribution in [1.82, 2.24) is 9.78 Å². The van der Waals surface area contributed by atoms with Gasteiger partial charge in [-0.2, -0.15) is 13.2 Å². The van der Waals surface area contributed by atoms with E-state index in [9.17, 15) is 22.8 Å². The summed E-state index contributed by atoms with van der Waals surface area (Å²) in [5, 5.41) is 4.53. The summed E-state index contributed by atoms with van der Waals surface area (Å²) < 4.78 is 38.1. The van der Waals surface area contributed by atoms with Crippen molar-refractivity contribution in [2.24, 2.45) is 4.99 Å². The molecule has 29 heavy (non-hydrogen) atoms. The summed E-state index contributed by atoms with van der Waals surface area (Å²) in [5.41, 5.74) is 2.14. The smallest absolute Gasteiger partial charge is 0.318 e. The zero-order valence-electron chi connectivity index (χ0n) is 15.3. The van der Waals surface area contributed by atoms with Gasteiger partial charge in [-0.3, -0.25) is 19.7 Å². The molecule has 2 N–H and O–H groups in total. The number of nitrogens with zero attached hydrogens (tertiary/aromatic N) is 2. The van der Waals surface area contributed by atoms with E-state index < -0.39 is 12.1 Å². The largest absolute Gasteiger partial charge is 0.471 e. The van der Waals surface area contributed by atoms with Gasteiger partial charge >= 0.3 is 12.1 Å². The van der Waals surface area contributed by atoms with Gasteiger partial charge in [0.05, 0.1) is 16.9 Å². The van der Waals surface area contributed by atoms with Crippen molar-refractivity contribution >= 4 is 23.5 Å². The van der Waals surface area contributed by atoms with Crippen LogP contribution in [0, 0.1) is 0 Å². The van der Waals surface area contributed by atoms with Crippen LogP contribution < -0.4 is 10.9 Å². The zero-order valence-corrected chi connectivity index (χ0v) is 15.3. The summed E-state index contributed by atoms with van der Waals surface area (Å²) in [7, 11) is 0. The van der Waals surface area contributed by atoms with E-state index in [-0.39, 0.29) is 11.2 Å². The lowest BCUT2D eigenvalue weighted by atomic mass is 10.1. The quantitative estimate of drug-likeness (QED) is 0.633. The van der Waals surface area contributed by atoms with Crippen LogP contribution in [0.15, 0.2) is 64.5 Å². The molecule has 1 amide bonds. The fourth-order valence-corrected chi connectivity index (χ4v) is 2.64. The van der Waals surface area contributed by atoms with Crippen LogP contribution in [0.5, 0.6) is 0 Å². The number of H-pyrrole nitrogens is 1. The first kappa shape index (κ1) is 20.1. The van der Waals surface area contributed by atoms with E-state index in [0.717, 1.165) is 17.7 Å². The Hall–Kier alpha value is -3.62. The third kappa shape index (κ3) is 4.63.